The van der Waals surface area contributed by atoms with Gasteiger partial charge < -0.3 is 15.4 Å². The number of hydrogen-bond donors (Lipinski definition) is 2. The first-order valence-electron chi connectivity index (χ1n) is 8.03. The van der Waals surface area contributed by atoms with Crippen LogP contribution in [-0.2, 0) is 0 Å². The van der Waals surface area contributed by atoms with Crippen LogP contribution in [0.3, 0.4) is 0 Å². The van der Waals surface area contributed by atoms with Crippen LogP contribution >= 0.6 is 35.7 Å². The van der Waals surface area contributed by atoms with Gasteiger partial charge >= 0.3 is 0 Å². The second kappa shape index (κ2) is 11.8. The summed E-state index contributed by atoms with van der Waals surface area (Å²) in [4.78, 5) is 4.26. The zero-order valence-corrected chi connectivity index (χ0v) is 17.2. The number of benzene rings is 1. The van der Waals surface area contributed by atoms with Gasteiger partial charge in [-0.15, -0.1) is 24.0 Å². The first-order valence-corrected chi connectivity index (χ1v) is 9.08. The van der Waals surface area contributed by atoms with Gasteiger partial charge in [-0.05, 0) is 44.1 Å². The van der Waals surface area contributed by atoms with Crippen LogP contribution < -0.4 is 15.4 Å². The molecule has 4 nitrogen and oxygen atoms in total. The maximum Gasteiger partial charge on any atom is 0.191 e. The van der Waals surface area contributed by atoms with Crippen molar-refractivity contribution in [3.8, 4) is 5.75 Å². The molecule has 1 aliphatic heterocycles. The Morgan fingerprint density at radius 2 is 2.09 bits per heavy atom. The Morgan fingerprint density at radius 3 is 2.74 bits per heavy atom. The van der Waals surface area contributed by atoms with E-state index in [1.165, 1.54) is 24.2 Å². The van der Waals surface area contributed by atoms with Gasteiger partial charge in [-0.25, -0.2) is 0 Å². The Kier molecular flexibility index (Phi) is 10.5. The maximum absolute atomic E-state index is 5.71. The average molecular weight is 449 g/mol. The minimum absolute atomic E-state index is 0. The van der Waals surface area contributed by atoms with Crippen LogP contribution in [-0.4, -0.2) is 43.7 Å². The van der Waals surface area contributed by atoms with Crippen molar-refractivity contribution in [3.05, 3.63) is 29.8 Å². The van der Waals surface area contributed by atoms with E-state index in [1.54, 1.807) is 0 Å². The minimum Gasteiger partial charge on any atom is -0.494 e. The molecule has 0 aromatic heterocycles. The molecule has 1 saturated heterocycles. The number of thioether (sulfide) groups is 1. The zero-order chi connectivity index (χ0) is 15.6. The van der Waals surface area contributed by atoms with Crippen molar-refractivity contribution in [2.45, 2.75) is 31.4 Å². The highest BCUT2D eigenvalue weighted by molar-refractivity contribution is 14.0. The molecule has 0 saturated carbocycles. The van der Waals surface area contributed by atoms with Crippen LogP contribution in [0.15, 0.2) is 29.3 Å². The molecule has 1 aromatic rings. The van der Waals surface area contributed by atoms with Crippen molar-refractivity contribution < 1.29 is 4.74 Å². The summed E-state index contributed by atoms with van der Waals surface area (Å²) < 4.78 is 5.71. The molecule has 0 aliphatic carbocycles. The van der Waals surface area contributed by atoms with Crippen LogP contribution in [0.5, 0.6) is 5.75 Å². The second-order valence-corrected chi connectivity index (χ2v) is 6.94. The molecule has 1 aliphatic rings. The summed E-state index contributed by atoms with van der Waals surface area (Å²) >= 11 is 2.06. The van der Waals surface area contributed by atoms with Crippen LogP contribution in [0, 0.1) is 6.92 Å². The third kappa shape index (κ3) is 8.15. The van der Waals surface area contributed by atoms with E-state index < -0.39 is 0 Å². The standard InChI is InChI=1S/C17H27N3OS.HI/c1-14-6-8-15(9-7-14)21-11-4-10-19-17(18-2)20-13-16-5-3-12-22-16;/h6-9,16H,3-5,10-13H2,1-2H3,(H2,18,19,20);1H. The number of rotatable bonds is 7. The van der Waals surface area contributed by atoms with E-state index in [2.05, 4.69) is 46.4 Å². The highest BCUT2D eigenvalue weighted by Gasteiger charge is 2.15. The molecule has 1 heterocycles. The molecule has 0 amide bonds. The quantitative estimate of drug-likeness (QED) is 0.290. The van der Waals surface area contributed by atoms with Crippen LogP contribution in [0.2, 0.25) is 0 Å². The highest BCUT2D eigenvalue weighted by Crippen LogP contribution is 2.25. The fourth-order valence-corrected chi connectivity index (χ4v) is 3.54. The van der Waals surface area contributed by atoms with E-state index >= 15 is 0 Å². The van der Waals surface area contributed by atoms with Gasteiger partial charge in [0.05, 0.1) is 6.61 Å². The van der Waals surface area contributed by atoms with E-state index in [-0.39, 0.29) is 24.0 Å². The van der Waals surface area contributed by atoms with Crippen molar-refractivity contribution in [1.29, 1.82) is 0 Å². The average Bonchev–Trinajstić information content (AvgIpc) is 3.05. The summed E-state index contributed by atoms with van der Waals surface area (Å²) in [6.45, 7) is 4.66. The molecular formula is C17H28IN3OS. The third-order valence-electron chi connectivity index (χ3n) is 3.65. The maximum atomic E-state index is 5.71. The van der Waals surface area contributed by atoms with Gasteiger partial charge in [0.25, 0.3) is 0 Å². The van der Waals surface area contributed by atoms with Gasteiger partial charge in [-0.1, -0.05) is 17.7 Å². The SMILES string of the molecule is CN=C(NCCCOc1ccc(C)cc1)NCC1CCCS1.I. The van der Waals surface area contributed by atoms with Crippen molar-refractivity contribution in [2.75, 3.05) is 32.5 Å². The Hall–Kier alpha value is -0.630. The van der Waals surface area contributed by atoms with Gasteiger partial charge in [0.1, 0.15) is 5.75 Å². The first kappa shape index (κ1) is 20.4. The van der Waals surface area contributed by atoms with Gasteiger partial charge in [-0.2, -0.15) is 11.8 Å². The molecule has 2 N–H and O–H groups in total. The number of ether oxygens (including phenoxy) is 1. The molecule has 0 radical (unpaired) electrons. The monoisotopic (exact) mass is 449 g/mol. The molecule has 1 fully saturated rings. The summed E-state index contributed by atoms with van der Waals surface area (Å²) in [5.74, 6) is 3.13. The van der Waals surface area contributed by atoms with E-state index in [0.29, 0.717) is 6.61 Å². The van der Waals surface area contributed by atoms with E-state index in [4.69, 9.17) is 4.74 Å². The number of guanidine groups is 1. The van der Waals surface area contributed by atoms with Crippen LogP contribution in [0.4, 0.5) is 0 Å². The number of aliphatic imine (C=N–C) groups is 1. The fraction of sp³-hybridized carbons (Fsp3) is 0.588. The number of nitrogens with one attached hydrogen (secondary N) is 2. The Labute approximate surface area is 161 Å². The van der Waals surface area contributed by atoms with E-state index in [1.807, 2.05) is 19.2 Å². The van der Waals surface area contributed by atoms with Gasteiger partial charge in [0, 0.05) is 25.4 Å². The molecule has 1 atom stereocenters. The number of halogens is 1. The lowest BCUT2D eigenvalue weighted by Crippen LogP contribution is -2.40. The van der Waals surface area contributed by atoms with Gasteiger partial charge in [-0.3, -0.25) is 4.99 Å². The Balaban J connectivity index is 0.00000264. The molecule has 1 aromatic carbocycles. The van der Waals surface area contributed by atoms with E-state index in [9.17, 15) is 0 Å². The Bertz CT molecular complexity index is 461. The summed E-state index contributed by atoms with van der Waals surface area (Å²) in [5.41, 5.74) is 1.25. The van der Waals surface area contributed by atoms with Crippen LogP contribution in [0.1, 0.15) is 24.8 Å². The molecule has 6 heteroatoms. The number of hydrogen-bond acceptors (Lipinski definition) is 3. The number of nitrogens with zero attached hydrogens (tertiary/aromatic N) is 1. The van der Waals surface area contributed by atoms with Crippen LogP contribution in [0.25, 0.3) is 0 Å². The predicted octanol–water partition coefficient (Wildman–Crippen LogP) is 3.44. The van der Waals surface area contributed by atoms with Crippen molar-refractivity contribution >= 4 is 41.7 Å². The molecule has 0 bridgehead atoms. The van der Waals surface area contributed by atoms with Crippen molar-refractivity contribution in [1.82, 2.24) is 10.6 Å². The van der Waals surface area contributed by atoms with Crippen molar-refractivity contribution in [2.24, 2.45) is 4.99 Å². The molecule has 2 rings (SSSR count). The molecule has 130 valence electrons. The first-order chi connectivity index (χ1) is 10.8. The second-order valence-electron chi connectivity index (χ2n) is 5.53. The van der Waals surface area contributed by atoms with Gasteiger partial charge in [0.15, 0.2) is 5.96 Å². The fourth-order valence-electron chi connectivity index (χ4n) is 2.34. The predicted molar refractivity (Wildman–Crippen MR) is 112 cm³/mol. The molecular weight excluding hydrogens is 421 g/mol. The lowest BCUT2D eigenvalue weighted by Gasteiger charge is -2.14. The smallest absolute Gasteiger partial charge is 0.191 e. The molecule has 1 unspecified atom stereocenters. The highest BCUT2D eigenvalue weighted by atomic mass is 127. The number of aryl methyl sites for hydroxylation is 1. The van der Waals surface area contributed by atoms with Crippen molar-refractivity contribution in [3.63, 3.8) is 0 Å². The van der Waals surface area contributed by atoms with E-state index in [0.717, 1.165) is 36.5 Å². The molecule has 0 spiro atoms. The summed E-state index contributed by atoms with van der Waals surface area (Å²) in [6, 6.07) is 8.17. The minimum atomic E-state index is 0. The third-order valence-corrected chi connectivity index (χ3v) is 5.05. The lowest BCUT2D eigenvalue weighted by atomic mass is 10.2. The summed E-state index contributed by atoms with van der Waals surface area (Å²) in [7, 11) is 1.82. The van der Waals surface area contributed by atoms with Gasteiger partial charge in [0.2, 0.25) is 0 Å². The Morgan fingerprint density at radius 1 is 1.30 bits per heavy atom. The summed E-state index contributed by atoms with van der Waals surface area (Å²) in [5, 5.41) is 7.48. The lowest BCUT2D eigenvalue weighted by molar-refractivity contribution is 0.311. The largest absolute Gasteiger partial charge is 0.494 e. The topological polar surface area (TPSA) is 45.7 Å². The molecule has 23 heavy (non-hydrogen) atoms. The zero-order valence-electron chi connectivity index (χ0n) is 14.0. The summed E-state index contributed by atoms with van der Waals surface area (Å²) in [6.07, 6.45) is 3.62. The normalized spacial score (nSPS) is 17.5.